The van der Waals surface area contributed by atoms with Gasteiger partial charge in [-0.3, -0.25) is 9.59 Å². The van der Waals surface area contributed by atoms with E-state index < -0.39 is 5.41 Å². The van der Waals surface area contributed by atoms with Crippen LogP contribution in [0.4, 0.5) is 5.69 Å². The first kappa shape index (κ1) is 26.2. The molecule has 0 saturated heterocycles. The van der Waals surface area contributed by atoms with Gasteiger partial charge in [0.2, 0.25) is 5.78 Å². The maximum absolute atomic E-state index is 13.6. The van der Waals surface area contributed by atoms with Crippen molar-refractivity contribution >= 4 is 34.7 Å². The number of carbonyl (C=O) groups excluding carboxylic acids is 2. The van der Waals surface area contributed by atoms with Gasteiger partial charge in [0.25, 0.3) is 0 Å². The number of anilines is 1. The zero-order valence-electron chi connectivity index (χ0n) is 22.4. The van der Waals surface area contributed by atoms with Crippen LogP contribution in [0.25, 0.3) is 0 Å². The molecule has 1 heterocycles. The minimum absolute atomic E-state index is 0.121. The van der Waals surface area contributed by atoms with E-state index in [1.807, 2.05) is 42.5 Å². The molecule has 0 saturated carbocycles. The third kappa shape index (κ3) is 4.88. The number of thioether (sulfide) groups is 1. The number of hydrogen-bond donors (Lipinski definition) is 2. The molecule has 2 aromatic carbocycles. The number of benzene rings is 2. The Kier molecular flexibility index (Phi) is 6.91. The zero-order chi connectivity index (χ0) is 27.1. The number of nitrogens with one attached hydrogen (secondary N) is 2. The van der Waals surface area contributed by atoms with E-state index in [2.05, 4.69) is 63.4 Å². The van der Waals surface area contributed by atoms with Crippen molar-refractivity contribution in [1.29, 1.82) is 5.41 Å². The topological polar surface area (TPSA) is 70.0 Å². The maximum Gasteiger partial charge on any atom is 0.206 e. The molecule has 4 nitrogen and oxygen atoms in total. The van der Waals surface area contributed by atoms with Gasteiger partial charge in [0.15, 0.2) is 5.78 Å². The Morgan fingerprint density at radius 1 is 1.05 bits per heavy atom. The van der Waals surface area contributed by atoms with Crippen molar-refractivity contribution in [2.24, 2.45) is 11.3 Å². The van der Waals surface area contributed by atoms with Gasteiger partial charge in [0.1, 0.15) is 0 Å². The Bertz CT molecular complexity index is 1440. The summed E-state index contributed by atoms with van der Waals surface area (Å²) < 4.78 is 0. The van der Waals surface area contributed by atoms with Crippen LogP contribution in [0, 0.1) is 23.7 Å². The highest BCUT2D eigenvalue weighted by Crippen LogP contribution is 2.50. The summed E-state index contributed by atoms with van der Waals surface area (Å²) in [6.45, 7) is 8.39. The number of fused-ring (bicyclic) bond motifs is 3. The van der Waals surface area contributed by atoms with Crippen molar-refractivity contribution in [3.05, 3.63) is 107 Å². The normalized spacial score (nSPS) is 22.6. The lowest BCUT2D eigenvalue weighted by molar-refractivity contribution is -0.120. The molecule has 0 aromatic heterocycles. The molecule has 0 bridgehead atoms. The van der Waals surface area contributed by atoms with Gasteiger partial charge in [-0.1, -0.05) is 61.9 Å². The van der Waals surface area contributed by atoms with Crippen molar-refractivity contribution in [1.82, 2.24) is 0 Å². The lowest BCUT2D eigenvalue weighted by atomic mass is 9.68. The highest BCUT2D eigenvalue weighted by Gasteiger charge is 2.44. The Hall–Kier alpha value is -3.44. The van der Waals surface area contributed by atoms with Gasteiger partial charge >= 0.3 is 0 Å². The summed E-state index contributed by atoms with van der Waals surface area (Å²) in [4.78, 5) is 28.0. The van der Waals surface area contributed by atoms with Gasteiger partial charge in [-0.05, 0) is 73.2 Å². The van der Waals surface area contributed by atoms with Gasteiger partial charge in [0, 0.05) is 45.3 Å². The average Bonchev–Trinajstić information content (AvgIpc) is 3.19. The fourth-order valence-electron chi connectivity index (χ4n) is 5.54. The van der Waals surface area contributed by atoms with Gasteiger partial charge < -0.3 is 10.7 Å². The second-order valence-electron chi connectivity index (χ2n) is 11.3. The number of carbonyl (C=O) groups is 2. The van der Waals surface area contributed by atoms with Gasteiger partial charge in [-0.2, -0.15) is 0 Å². The summed E-state index contributed by atoms with van der Waals surface area (Å²) in [6, 6.07) is 14.0. The summed E-state index contributed by atoms with van der Waals surface area (Å²) in [5, 5.41) is 11.9. The summed E-state index contributed by atoms with van der Waals surface area (Å²) >= 11 is 1.66. The monoisotopic (exact) mass is 522 g/mol. The molecule has 0 fully saturated rings. The van der Waals surface area contributed by atoms with Crippen LogP contribution in [0.5, 0.6) is 0 Å². The third-order valence-electron chi connectivity index (χ3n) is 7.99. The van der Waals surface area contributed by atoms with Crippen LogP contribution in [-0.2, 0) is 10.2 Å². The first-order valence-corrected chi connectivity index (χ1v) is 14.1. The number of hydrogen-bond acceptors (Lipinski definition) is 5. The quantitative estimate of drug-likeness (QED) is 0.213. The molecular weight excluding hydrogens is 488 g/mol. The molecule has 3 aliphatic rings. The van der Waals surface area contributed by atoms with Crippen molar-refractivity contribution < 1.29 is 9.59 Å². The fourth-order valence-corrected chi connectivity index (χ4v) is 6.41. The summed E-state index contributed by atoms with van der Waals surface area (Å²) in [5.74, 6) is 0.405. The van der Waals surface area contributed by atoms with Crippen LogP contribution in [0.3, 0.4) is 0 Å². The van der Waals surface area contributed by atoms with E-state index in [0.717, 1.165) is 27.4 Å². The zero-order valence-corrected chi connectivity index (χ0v) is 23.2. The number of aryl methyl sites for hydroxylation is 1. The highest BCUT2D eigenvalue weighted by molar-refractivity contribution is 7.99. The molecule has 2 atom stereocenters. The molecule has 5 heteroatoms. The van der Waals surface area contributed by atoms with E-state index in [1.165, 1.54) is 5.56 Å². The van der Waals surface area contributed by atoms with Crippen molar-refractivity contribution in [2.75, 3.05) is 11.1 Å². The van der Waals surface area contributed by atoms with Crippen LogP contribution < -0.4 is 5.32 Å². The molecule has 194 valence electrons. The van der Waals surface area contributed by atoms with E-state index in [4.69, 9.17) is 5.41 Å². The minimum atomic E-state index is -0.423. The SMILES string of the molecule is Cc1ccc(SCCC(=N)C(=O)c2ccc3c(c2)C2(C)CC(C(=O)C4C=CC=CC4(C)C)=CC=C2N3)cc1. The Morgan fingerprint density at radius 3 is 2.55 bits per heavy atom. The number of rotatable bonds is 8. The van der Waals surface area contributed by atoms with Crippen LogP contribution in [0.1, 0.15) is 55.1 Å². The predicted molar refractivity (Wildman–Crippen MR) is 157 cm³/mol. The Morgan fingerprint density at radius 2 is 1.82 bits per heavy atom. The number of ketones is 2. The number of allylic oxidation sites excluding steroid dienone is 8. The molecule has 38 heavy (non-hydrogen) atoms. The molecule has 5 rings (SSSR count). The molecule has 2 aliphatic carbocycles. The molecular formula is C33H34N2O2S. The molecule has 1 aliphatic heterocycles. The van der Waals surface area contributed by atoms with E-state index in [9.17, 15) is 9.59 Å². The highest BCUT2D eigenvalue weighted by atomic mass is 32.2. The van der Waals surface area contributed by atoms with E-state index in [0.29, 0.717) is 24.2 Å². The molecule has 0 amide bonds. The minimum Gasteiger partial charge on any atom is -0.358 e. The van der Waals surface area contributed by atoms with Crippen LogP contribution in [0.15, 0.2) is 95.1 Å². The van der Waals surface area contributed by atoms with Crippen molar-refractivity contribution in [3.8, 4) is 0 Å². The smallest absolute Gasteiger partial charge is 0.206 e. The molecule has 2 N–H and O–H groups in total. The van der Waals surface area contributed by atoms with Crippen molar-refractivity contribution in [2.45, 2.75) is 50.8 Å². The van der Waals surface area contributed by atoms with Crippen molar-refractivity contribution in [3.63, 3.8) is 0 Å². The first-order chi connectivity index (χ1) is 18.1. The molecule has 0 spiro atoms. The second kappa shape index (κ2) is 10.0. The largest absolute Gasteiger partial charge is 0.358 e. The Labute approximate surface area is 229 Å². The first-order valence-electron chi connectivity index (χ1n) is 13.1. The van der Waals surface area contributed by atoms with E-state index >= 15 is 0 Å². The van der Waals surface area contributed by atoms with Crippen LogP contribution >= 0.6 is 11.8 Å². The lowest BCUT2D eigenvalue weighted by Gasteiger charge is -2.35. The van der Waals surface area contributed by atoms with E-state index in [-0.39, 0.29) is 28.6 Å². The van der Waals surface area contributed by atoms with Crippen LogP contribution in [-0.4, -0.2) is 23.0 Å². The lowest BCUT2D eigenvalue weighted by Crippen LogP contribution is -2.34. The van der Waals surface area contributed by atoms with Gasteiger partial charge in [-0.25, -0.2) is 0 Å². The summed E-state index contributed by atoms with van der Waals surface area (Å²) in [6.07, 6.45) is 13.0. The van der Waals surface area contributed by atoms with Gasteiger partial charge in [-0.15, -0.1) is 11.8 Å². The Balaban J connectivity index is 1.30. The average molecular weight is 523 g/mol. The second-order valence-corrected chi connectivity index (χ2v) is 12.5. The summed E-state index contributed by atoms with van der Waals surface area (Å²) in [7, 11) is 0. The molecule has 2 aromatic rings. The predicted octanol–water partition coefficient (Wildman–Crippen LogP) is 7.61. The van der Waals surface area contributed by atoms with Gasteiger partial charge in [0.05, 0.1) is 5.71 Å². The molecule has 0 radical (unpaired) electrons. The molecule has 2 unspecified atom stereocenters. The fraction of sp³-hybridized carbons (Fsp3) is 0.303. The maximum atomic E-state index is 13.6. The van der Waals surface area contributed by atoms with E-state index in [1.54, 1.807) is 17.8 Å². The van der Waals surface area contributed by atoms with Crippen LogP contribution in [0.2, 0.25) is 0 Å². The third-order valence-corrected chi connectivity index (χ3v) is 9.01. The standard InChI is InChI=1S/C33H34N2O2S/c1-21-8-12-24(13-9-21)38-18-16-27(34)31(37)22-10-14-28-26(19-22)33(4)20-23(11-15-29(33)35-28)30(36)25-7-5-6-17-32(25,2)3/h5-15,17,19,25,34-35H,16,18,20H2,1-4H3. The number of Topliss-reactive ketones (excluding diaryl/α,β-unsaturated/α-hetero) is 2. The summed E-state index contributed by atoms with van der Waals surface area (Å²) in [5.41, 5.74) is 5.02.